The summed E-state index contributed by atoms with van der Waals surface area (Å²) in [5.74, 6) is -2.30. The summed E-state index contributed by atoms with van der Waals surface area (Å²) in [4.78, 5) is 11.5. The summed E-state index contributed by atoms with van der Waals surface area (Å²) in [5, 5.41) is 0. The zero-order valence-corrected chi connectivity index (χ0v) is 7.73. The molecule has 0 saturated carbocycles. The Balaban J connectivity index is 2.98. The van der Waals surface area contributed by atoms with Crippen molar-refractivity contribution < 1.29 is 4.79 Å². The largest absolute Gasteiger partial charge is 0.294 e. The molecule has 0 aliphatic heterocycles. The molecule has 0 radical (unpaired) electrons. The van der Waals surface area contributed by atoms with Crippen LogP contribution in [-0.4, -0.2) is 11.6 Å². The molecule has 1 aromatic rings. The van der Waals surface area contributed by atoms with E-state index in [2.05, 4.69) is 6.58 Å². The van der Waals surface area contributed by atoms with Crippen molar-refractivity contribution in [2.75, 3.05) is 0 Å². The molecule has 0 aliphatic carbocycles. The Labute approximate surface area is 82.4 Å². The molecular weight excluding hydrogens is 178 g/mol. The first-order valence-electron chi connectivity index (χ1n) is 4.09. The second kappa shape index (κ2) is 3.71. The maximum Gasteiger partial charge on any atom is 0.212 e. The highest BCUT2D eigenvalue weighted by Crippen LogP contribution is 2.07. The van der Waals surface area contributed by atoms with Gasteiger partial charge in [-0.25, -0.2) is 0 Å². The van der Waals surface area contributed by atoms with Crippen LogP contribution in [0.4, 0.5) is 0 Å². The van der Waals surface area contributed by atoms with E-state index >= 15 is 0 Å². The lowest BCUT2D eigenvalue weighted by molar-refractivity contribution is 0.0896. The van der Waals surface area contributed by atoms with Gasteiger partial charge in [-0.2, -0.15) is 0 Å². The van der Waals surface area contributed by atoms with Crippen LogP contribution in [0.5, 0.6) is 0 Å². The van der Waals surface area contributed by atoms with Crippen LogP contribution in [0.1, 0.15) is 15.9 Å². The molecule has 6 N–H and O–H groups in total. The van der Waals surface area contributed by atoms with Gasteiger partial charge in [0.1, 0.15) is 0 Å². The molecule has 0 spiro atoms. The molecule has 14 heavy (non-hydrogen) atoms. The van der Waals surface area contributed by atoms with E-state index in [1.807, 2.05) is 0 Å². The molecule has 0 unspecified atom stereocenters. The van der Waals surface area contributed by atoms with Crippen LogP contribution in [0.3, 0.4) is 0 Å². The lowest BCUT2D eigenvalue weighted by Crippen LogP contribution is -2.64. The van der Waals surface area contributed by atoms with Crippen LogP contribution in [0, 0.1) is 0 Å². The van der Waals surface area contributed by atoms with Gasteiger partial charge in [0.15, 0.2) is 5.79 Å². The highest BCUT2D eigenvalue weighted by atomic mass is 16.1. The molecule has 0 saturated heterocycles. The Morgan fingerprint density at radius 1 is 1.21 bits per heavy atom. The van der Waals surface area contributed by atoms with Crippen LogP contribution in [-0.2, 0) is 0 Å². The van der Waals surface area contributed by atoms with E-state index in [4.69, 9.17) is 17.2 Å². The average molecular weight is 191 g/mol. The van der Waals surface area contributed by atoms with Crippen LogP contribution < -0.4 is 17.2 Å². The molecule has 1 aromatic carbocycles. The maximum atomic E-state index is 11.5. The molecule has 74 valence electrons. The zero-order chi connectivity index (χ0) is 10.8. The number of rotatable bonds is 3. The summed E-state index contributed by atoms with van der Waals surface area (Å²) in [7, 11) is 0. The summed E-state index contributed by atoms with van der Waals surface area (Å²) in [6.45, 7) is 3.60. The second-order valence-corrected chi connectivity index (χ2v) is 3.09. The fraction of sp³-hybridized carbons (Fsp3) is 0.100. The normalized spacial score (nSPS) is 11.1. The summed E-state index contributed by atoms with van der Waals surface area (Å²) >= 11 is 0. The standard InChI is InChI=1S/C10H13N3O/c1-2-7-3-5-8(6-4-7)9(14)10(11,12)13/h2-6H,1,11-13H2. The number of hydrogen-bond donors (Lipinski definition) is 3. The molecule has 0 atom stereocenters. The number of Topliss-reactive ketones (excluding diaryl/α,β-unsaturated/α-hetero) is 1. The number of ketones is 1. The average Bonchev–Trinajstić information content (AvgIpc) is 2.15. The third-order valence-electron chi connectivity index (χ3n) is 1.80. The van der Waals surface area contributed by atoms with Gasteiger partial charge in [0.05, 0.1) is 0 Å². The van der Waals surface area contributed by atoms with E-state index in [-0.39, 0.29) is 0 Å². The second-order valence-electron chi connectivity index (χ2n) is 3.09. The van der Waals surface area contributed by atoms with Crippen LogP contribution in [0.15, 0.2) is 30.8 Å². The Hall–Kier alpha value is -1.49. The van der Waals surface area contributed by atoms with Gasteiger partial charge < -0.3 is 0 Å². The molecule has 0 amide bonds. The molecule has 4 heteroatoms. The SMILES string of the molecule is C=Cc1ccc(C(=O)C(N)(N)N)cc1. The van der Waals surface area contributed by atoms with Gasteiger partial charge >= 0.3 is 0 Å². The molecule has 0 aliphatic rings. The smallest absolute Gasteiger partial charge is 0.212 e. The Morgan fingerprint density at radius 3 is 2.07 bits per heavy atom. The quantitative estimate of drug-likeness (QED) is 0.464. The van der Waals surface area contributed by atoms with E-state index in [0.29, 0.717) is 5.56 Å². The lowest BCUT2D eigenvalue weighted by Gasteiger charge is -2.16. The number of carbonyl (C=O) groups is 1. The fourth-order valence-electron chi connectivity index (χ4n) is 1.02. The predicted octanol–water partition coefficient (Wildman–Crippen LogP) is 0.0422. The van der Waals surface area contributed by atoms with E-state index in [1.54, 1.807) is 30.3 Å². The van der Waals surface area contributed by atoms with E-state index in [0.717, 1.165) is 5.56 Å². The van der Waals surface area contributed by atoms with Gasteiger partial charge in [-0.15, -0.1) is 0 Å². The van der Waals surface area contributed by atoms with Gasteiger partial charge in [-0.1, -0.05) is 36.9 Å². The van der Waals surface area contributed by atoms with Gasteiger partial charge in [0, 0.05) is 5.56 Å². The first kappa shape index (κ1) is 10.6. The first-order valence-corrected chi connectivity index (χ1v) is 4.09. The Morgan fingerprint density at radius 2 is 1.71 bits per heavy atom. The van der Waals surface area contributed by atoms with Crippen molar-refractivity contribution in [2.24, 2.45) is 17.2 Å². The van der Waals surface area contributed by atoms with E-state index in [1.165, 1.54) is 0 Å². The van der Waals surface area contributed by atoms with Crippen molar-refractivity contribution in [3.05, 3.63) is 42.0 Å². The number of hydrogen-bond acceptors (Lipinski definition) is 4. The third-order valence-corrected chi connectivity index (χ3v) is 1.80. The third kappa shape index (κ3) is 2.26. The Kier molecular flexibility index (Phi) is 2.81. The Bertz CT molecular complexity index is 349. The minimum atomic E-state index is -1.81. The van der Waals surface area contributed by atoms with Crippen molar-refractivity contribution in [3.8, 4) is 0 Å². The molecule has 0 bridgehead atoms. The van der Waals surface area contributed by atoms with Crippen molar-refractivity contribution in [2.45, 2.75) is 5.79 Å². The number of benzene rings is 1. The molecular formula is C10H13N3O. The zero-order valence-electron chi connectivity index (χ0n) is 7.73. The van der Waals surface area contributed by atoms with Gasteiger partial charge in [-0.3, -0.25) is 22.0 Å². The van der Waals surface area contributed by atoms with Gasteiger partial charge in [0.25, 0.3) is 0 Å². The minimum Gasteiger partial charge on any atom is -0.294 e. The summed E-state index contributed by atoms with van der Waals surface area (Å²) in [6.07, 6.45) is 1.68. The van der Waals surface area contributed by atoms with Crippen molar-refractivity contribution in [1.82, 2.24) is 0 Å². The molecule has 0 aromatic heterocycles. The van der Waals surface area contributed by atoms with Crippen molar-refractivity contribution >= 4 is 11.9 Å². The van der Waals surface area contributed by atoms with E-state index in [9.17, 15) is 4.79 Å². The van der Waals surface area contributed by atoms with Crippen LogP contribution in [0.25, 0.3) is 6.08 Å². The molecule has 0 heterocycles. The summed E-state index contributed by atoms with van der Waals surface area (Å²) in [6, 6.07) is 6.71. The maximum absolute atomic E-state index is 11.5. The van der Waals surface area contributed by atoms with Gasteiger partial charge in [-0.05, 0) is 5.56 Å². The molecule has 1 rings (SSSR count). The highest BCUT2D eigenvalue weighted by molar-refractivity contribution is 6.02. The molecule has 4 nitrogen and oxygen atoms in total. The van der Waals surface area contributed by atoms with Crippen molar-refractivity contribution in [1.29, 1.82) is 0 Å². The predicted molar refractivity (Wildman–Crippen MR) is 56.2 cm³/mol. The monoisotopic (exact) mass is 191 g/mol. The molecule has 0 fully saturated rings. The number of nitrogens with two attached hydrogens (primary N) is 3. The van der Waals surface area contributed by atoms with Crippen LogP contribution >= 0.6 is 0 Å². The first-order chi connectivity index (χ1) is 6.45. The summed E-state index contributed by atoms with van der Waals surface area (Å²) in [5.41, 5.74) is 17.1. The number of carbonyl (C=O) groups excluding carboxylic acids is 1. The van der Waals surface area contributed by atoms with Crippen molar-refractivity contribution in [3.63, 3.8) is 0 Å². The van der Waals surface area contributed by atoms with Gasteiger partial charge in [0.2, 0.25) is 5.78 Å². The highest BCUT2D eigenvalue weighted by Gasteiger charge is 2.24. The fourth-order valence-corrected chi connectivity index (χ4v) is 1.02. The topological polar surface area (TPSA) is 95.1 Å². The lowest BCUT2D eigenvalue weighted by atomic mass is 10.0. The van der Waals surface area contributed by atoms with E-state index < -0.39 is 11.6 Å². The van der Waals surface area contributed by atoms with Crippen LogP contribution in [0.2, 0.25) is 0 Å². The summed E-state index contributed by atoms with van der Waals surface area (Å²) < 4.78 is 0. The minimum absolute atomic E-state index is 0.392.